The van der Waals surface area contributed by atoms with Crippen molar-refractivity contribution < 1.29 is 14.6 Å². The van der Waals surface area contributed by atoms with E-state index in [1.807, 2.05) is 32.9 Å². The van der Waals surface area contributed by atoms with Crippen molar-refractivity contribution >= 4 is 11.6 Å². The first kappa shape index (κ1) is 18.1. The molecule has 1 rings (SSSR count). The second-order valence-electron chi connectivity index (χ2n) is 5.25. The summed E-state index contributed by atoms with van der Waals surface area (Å²) in [5.74, 6) is 1.45. The zero-order chi connectivity index (χ0) is 16.0. The first-order valence-corrected chi connectivity index (χ1v) is 7.81. The molecule has 4 nitrogen and oxygen atoms in total. The Morgan fingerprint density at radius 2 is 1.71 bits per heavy atom. The molecule has 0 amide bonds. The highest BCUT2D eigenvalue weighted by atomic mass is 35.5. The molecule has 120 valence electrons. The Hall–Kier alpha value is -0.970. The maximum absolute atomic E-state index is 9.96. The molecule has 0 saturated carbocycles. The van der Waals surface area contributed by atoms with Crippen LogP contribution < -0.4 is 15.2 Å². The number of hydrogen-bond acceptors (Lipinski definition) is 4. The van der Waals surface area contributed by atoms with Gasteiger partial charge in [-0.1, -0.05) is 18.5 Å². The highest BCUT2D eigenvalue weighted by molar-refractivity contribution is 6.32. The number of aliphatic hydroxyl groups is 1. The smallest absolute Gasteiger partial charge is 0.141 e. The van der Waals surface area contributed by atoms with Crippen molar-refractivity contribution in [2.24, 2.45) is 5.73 Å². The van der Waals surface area contributed by atoms with Gasteiger partial charge in [0.15, 0.2) is 0 Å². The van der Waals surface area contributed by atoms with Crippen molar-refractivity contribution in [3.05, 3.63) is 22.7 Å². The van der Waals surface area contributed by atoms with Crippen LogP contribution in [0.3, 0.4) is 0 Å². The van der Waals surface area contributed by atoms with Crippen LogP contribution in [0.15, 0.2) is 12.1 Å². The van der Waals surface area contributed by atoms with Crippen molar-refractivity contribution in [1.29, 1.82) is 0 Å². The van der Waals surface area contributed by atoms with Gasteiger partial charge in [-0.2, -0.15) is 0 Å². The summed E-state index contributed by atoms with van der Waals surface area (Å²) in [7, 11) is 0. The third kappa shape index (κ3) is 5.06. The summed E-state index contributed by atoms with van der Waals surface area (Å²) in [5, 5.41) is 10.5. The average Bonchev–Trinajstić information content (AvgIpc) is 2.42. The lowest BCUT2D eigenvalue weighted by Crippen LogP contribution is -2.32. The summed E-state index contributed by atoms with van der Waals surface area (Å²) in [4.78, 5) is 0. The van der Waals surface area contributed by atoms with Crippen LogP contribution >= 0.6 is 11.6 Å². The van der Waals surface area contributed by atoms with Crippen molar-refractivity contribution in [3.63, 3.8) is 0 Å². The topological polar surface area (TPSA) is 64.7 Å². The molecule has 0 bridgehead atoms. The first-order valence-electron chi connectivity index (χ1n) is 7.43. The van der Waals surface area contributed by atoms with E-state index in [9.17, 15) is 5.11 Å². The second kappa shape index (κ2) is 8.47. The minimum Gasteiger partial charge on any atom is -0.493 e. The molecule has 0 spiro atoms. The van der Waals surface area contributed by atoms with Gasteiger partial charge >= 0.3 is 0 Å². The molecule has 0 fully saturated rings. The summed E-state index contributed by atoms with van der Waals surface area (Å²) in [6.07, 6.45) is 0.00187. The lowest BCUT2D eigenvalue weighted by Gasteiger charge is -2.22. The average molecular weight is 316 g/mol. The number of ether oxygens (including phenoxy) is 2. The third-order valence-corrected chi connectivity index (χ3v) is 3.69. The molecule has 5 heteroatoms. The van der Waals surface area contributed by atoms with Crippen molar-refractivity contribution in [3.8, 4) is 11.5 Å². The maximum atomic E-state index is 9.96. The van der Waals surface area contributed by atoms with Crippen molar-refractivity contribution in [2.75, 3.05) is 13.2 Å². The zero-order valence-corrected chi connectivity index (χ0v) is 14.0. The van der Waals surface area contributed by atoms with E-state index < -0.39 is 6.10 Å². The van der Waals surface area contributed by atoms with E-state index in [2.05, 4.69) is 0 Å². The fourth-order valence-electron chi connectivity index (χ4n) is 2.19. The maximum Gasteiger partial charge on any atom is 0.141 e. The molecule has 1 aromatic rings. The lowest BCUT2D eigenvalue weighted by atomic mass is 9.92. The number of nitrogens with two attached hydrogens (primary N) is 1. The Morgan fingerprint density at radius 3 is 2.24 bits per heavy atom. The highest BCUT2D eigenvalue weighted by Crippen LogP contribution is 2.38. The number of aliphatic hydroxyl groups excluding tert-OH is 1. The fourth-order valence-corrected chi connectivity index (χ4v) is 2.41. The summed E-state index contributed by atoms with van der Waals surface area (Å²) >= 11 is 6.26. The summed E-state index contributed by atoms with van der Waals surface area (Å²) in [5.41, 5.74) is 6.69. The molecule has 3 atom stereocenters. The van der Waals surface area contributed by atoms with Crippen molar-refractivity contribution in [1.82, 2.24) is 0 Å². The van der Waals surface area contributed by atoms with E-state index in [0.29, 0.717) is 30.4 Å². The molecule has 0 radical (unpaired) electrons. The number of rotatable bonds is 8. The number of benzene rings is 1. The first-order chi connectivity index (χ1) is 9.90. The quantitative estimate of drug-likeness (QED) is 0.772. The molecule has 0 aliphatic rings. The zero-order valence-electron chi connectivity index (χ0n) is 13.2. The van der Waals surface area contributed by atoms with E-state index >= 15 is 0 Å². The van der Waals surface area contributed by atoms with E-state index in [-0.39, 0.29) is 12.0 Å². The Kier molecular flexibility index (Phi) is 7.29. The normalized spacial score (nSPS) is 15.4. The Labute approximate surface area is 132 Å². The fraction of sp³-hybridized carbons (Fsp3) is 0.625. The van der Waals surface area contributed by atoms with Crippen LogP contribution in [-0.2, 0) is 0 Å². The van der Waals surface area contributed by atoms with Crippen LogP contribution in [0.5, 0.6) is 11.5 Å². The van der Waals surface area contributed by atoms with E-state index in [1.54, 1.807) is 6.92 Å². The molecule has 3 N–H and O–H groups in total. The molecule has 1 aromatic carbocycles. The molecule has 0 aromatic heterocycles. The van der Waals surface area contributed by atoms with Gasteiger partial charge < -0.3 is 20.3 Å². The predicted octanol–water partition coefficient (Wildman–Crippen LogP) is 3.34. The SMILES string of the molecule is CCOc1cc(OCC)c(C(C)CC(O)C(C)N)cc1Cl. The van der Waals surface area contributed by atoms with Crippen molar-refractivity contribution in [2.45, 2.75) is 52.2 Å². The largest absolute Gasteiger partial charge is 0.493 e. The summed E-state index contributed by atoms with van der Waals surface area (Å²) < 4.78 is 11.2. The number of hydrogen-bond donors (Lipinski definition) is 2. The van der Waals surface area contributed by atoms with Crippen LogP contribution in [0.2, 0.25) is 5.02 Å². The van der Waals surface area contributed by atoms with Gasteiger partial charge in [-0.25, -0.2) is 0 Å². The standard InChI is InChI=1S/C16H26ClNO3/c1-5-20-15-9-16(21-6-2)13(17)8-12(15)10(3)7-14(19)11(4)18/h8-11,14,19H,5-7,18H2,1-4H3. The minimum atomic E-state index is -0.556. The Bertz CT molecular complexity index is 451. The Balaban J connectivity index is 3.06. The molecule has 0 aliphatic carbocycles. The minimum absolute atomic E-state index is 0.0840. The van der Waals surface area contributed by atoms with E-state index in [1.165, 1.54) is 0 Å². The van der Waals surface area contributed by atoms with E-state index in [0.717, 1.165) is 11.3 Å². The van der Waals surface area contributed by atoms with Gasteiger partial charge in [0.2, 0.25) is 0 Å². The lowest BCUT2D eigenvalue weighted by molar-refractivity contribution is 0.134. The van der Waals surface area contributed by atoms with Crippen LogP contribution in [0.4, 0.5) is 0 Å². The molecule has 0 heterocycles. The monoisotopic (exact) mass is 315 g/mol. The van der Waals surface area contributed by atoms with Gasteiger partial charge in [0, 0.05) is 12.1 Å². The third-order valence-electron chi connectivity index (χ3n) is 3.40. The molecule has 21 heavy (non-hydrogen) atoms. The van der Waals surface area contributed by atoms with Crippen LogP contribution in [0.1, 0.15) is 45.6 Å². The van der Waals surface area contributed by atoms with Crippen LogP contribution in [0, 0.1) is 0 Å². The highest BCUT2D eigenvalue weighted by Gasteiger charge is 2.20. The molecular weight excluding hydrogens is 290 g/mol. The predicted molar refractivity (Wildman–Crippen MR) is 86.5 cm³/mol. The summed E-state index contributed by atoms with van der Waals surface area (Å²) in [6, 6.07) is 3.41. The van der Waals surface area contributed by atoms with Gasteiger partial charge in [-0.3, -0.25) is 0 Å². The second-order valence-corrected chi connectivity index (χ2v) is 5.66. The van der Waals surface area contributed by atoms with Crippen LogP contribution in [-0.4, -0.2) is 30.5 Å². The van der Waals surface area contributed by atoms with Gasteiger partial charge in [-0.05, 0) is 44.7 Å². The Morgan fingerprint density at radius 1 is 1.14 bits per heavy atom. The molecule has 3 unspecified atom stereocenters. The molecule has 0 aliphatic heterocycles. The van der Waals surface area contributed by atoms with E-state index in [4.69, 9.17) is 26.8 Å². The van der Waals surface area contributed by atoms with Gasteiger partial charge in [-0.15, -0.1) is 0 Å². The van der Waals surface area contributed by atoms with Crippen LogP contribution in [0.25, 0.3) is 0 Å². The summed E-state index contributed by atoms with van der Waals surface area (Å²) in [6.45, 7) is 8.77. The van der Waals surface area contributed by atoms with Gasteiger partial charge in [0.05, 0.1) is 24.3 Å². The molecule has 0 saturated heterocycles. The van der Waals surface area contributed by atoms with Gasteiger partial charge in [0.25, 0.3) is 0 Å². The number of halogens is 1. The molecular formula is C16H26ClNO3. The van der Waals surface area contributed by atoms with Gasteiger partial charge in [0.1, 0.15) is 11.5 Å².